The second-order valence-electron chi connectivity index (χ2n) is 4.25. The van der Waals surface area contributed by atoms with E-state index in [1.807, 2.05) is 6.92 Å². The molecule has 0 amide bonds. The third kappa shape index (κ3) is 4.02. The summed E-state index contributed by atoms with van der Waals surface area (Å²) in [6, 6.07) is 8.59. The molecule has 0 saturated heterocycles. The van der Waals surface area contributed by atoms with Crippen molar-refractivity contribution < 1.29 is 13.5 Å². The fourth-order valence-electron chi connectivity index (χ4n) is 1.74. The van der Waals surface area contributed by atoms with Crippen LogP contribution in [0.4, 0.5) is 8.78 Å². The van der Waals surface area contributed by atoms with Gasteiger partial charge in [-0.2, -0.15) is 0 Å². The van der Waals surface area contributed by atoms with Crippen LogP contribution in [0.3, 0.4) is 0 Å². The van der Waals surface area contributed by atoms with Crippen LogP contribution in [0.1, 0.15) is 12.5 Å². The maximum atomic E-state index is 13.5. The largest absolute Gasteiger partial charge is 0.456 e. The number of halogens is 3. The first kappa shape index (κ1) is 14.9. The molecule has 20 heavy (non-hydrogen) atoms. The van der Waals surface area contributed by atoms with E-state index < -0.39 is 0 Å². The van der Waals surface area contributed by atoms with Crippen LogP contribution in [0.2, 0.25) is 0 Å². The zero-order chi connectivity index (χ0) is 14.5. The third-order valence-corrected chi connectivity index (χ3v) is 3.25. The Kier molecular flexibility index (Phi) is 5.09. The molecule has 0 spiro atoms. The van der Waals surface area contributed by atoms with Gasteiger partial charge >= 0.3 is 0 Å². The van der Waals surface area contributed by atoms with E-state index in [2.05, 4.69) is 21.2 Å². The molecule has 106 valence electrons. The van der Waals surface area contributed by atoms with Crippen molar-refractivity contribution in [1.29, 1.82) is 0 Å². The summed E-state index contributed by atoms with van der Waals surface area (Å²) in [7, 11) is 0. The SMILES string of the molecule is CCNCc1cc(F)cc(Oc2ccc(F)cc2Br)c1. The summed E-state index contributed by atoms with van der Waals surface area (Å²) in [6.45, 7) is 3.34. The van der Waals surface area contributed by atoms with Crippen molar-refractivity contribution in [2.24, 2.45) is 0 Å². The van der Waals surface area contributed by atoms with E-state index in [9.17, 15) is 8.78 Å². The highest BCUT2D eigenvalue weighted by Crippen LogP contribution is 2.31. The highest BCUT2D eigenvalue weighted by Gasteiger charge is 2.07. The van der Waals surface area contributed by atoms with Gasteiger partial charge in [-0.15, -0.1) is 0 Å². The van der Waals surface area contributed by atoms with Crippen molar-refractivity contribution in [2.75, 3.05) is 6.54 Å². The quantitative estimate of drug-likeness (QED) is 0.856. The lowest BCUT2D eigenvalue weighted by Gasteiger charge is -2.10. The van der Waals surface area contributed by atoms with Crippen molar-refractivity contribution in [3.8, 4) is 11.5 Å². The Hall–Kier alpha value is -1.46. The highest BCUT2D eigenvalue weighted by atomic mass is 79.9. The smallest absolute Gasteiger partial charge is 0.141 e. The van der Waals surface area contributed by atoms with Crippen molar-refractivity contribution in [2.45, 2.75) is 13.5 Å². The topological polar surface area (TPSA) is 21.3 Å². The number of rotatable bonds is 5. The van der Waals surface area contributed by atoms with Gasteiger partial charge in [0.05, 0.1) is 4.47 Å². The minimum atomic E-state index is -0.367. The first-order chi connectivity index (χ1) is 9.58. The first-order valence-corrected chi connectivity index (χ1v) is 7.01. The fourth-order valence-corrected chi connectivity index (χ4v) is 2.17. The van der Waals surface area contributed by atoms with Crippen LogP contribution in [0.25, 0.3) is 0 Å². The van der Waals surface area contributed by atoms with Gasteiger partial charge in [0.25, 0.3) is 0 Å². The molecule has 0 radical (unpaired) electrons. The van der Waals surface area contributed by atoms with Gasteiger partial charge in [-0.1, -0.05) is 6.92 Å². The van der Waals surface area contributed by atoms with Gasteiger partial charge in [-0.3, -0.25) is 0 Å². The Bertz CT molecular complexity index is 604. The molecule has 0 unspecified atom stereocenters. The summed E-state index contributed by atoms with van der Waals surface area (Å²) >= 11 is 3.21. The molecular formula is C15H14BrF2NO. The molecule has 0 bridgehead atoms. The molecule has 0 saturated carbocycles. The molecule has 2 aromatic carbocycles. The third-order valence-electron chi connectivity index (χ3n) is 2.63. The number of ether oxygens (including phenoxy) is 1. The minimum absolute atomic E-state index is 0.365. The van der Waals surface area contributed by atoms with E-state index in [1.54, 1.807) is 6.07 Å². The molecule has 0 aromatic heterocycles. The zero-order valence-electron chi connectivity index (χ0n) is 10.9. The van der Waals surface area contributed by atoms with Crippen LogP contribution in [0.5, 0.6) is 11.5 Å². The Balaban J connectivity index is 2.21. The van der Waals surface area contributed by atoms with Gasteiger partial charge in [0.2, 0.25) is 0 Å². The Morgan fingerprint density at radius 1 is 1.10 bits per heavy atom. The summed E-state index contributed by atoms with van der Waals surface area (Å²) in [5.74, 6) is 0.0848. The van der Waals surface area contributed by atoms with E-state index in [0.29, 0.717) is 22.5 Å². The number of hydrogen-bond acceptors (Lipinski definition) is 2. The van der Waals surface area contributed by atoms with Crippen LogP contribution in [-0.2, 0) is 6.54 Å². The molecule has 0 aliphatic rings. The van der Waals surface area contributed by atoms with Crippen molar-refractivity contribution in [3.63, 3.8) is 0 Å². The Morgan fingerprint density at radius 2 is 1.90 bits per heavy atom. The van der Waals surface area contributed by atoms with Gasteiger partial charge in [0.15, 0.2) is 0 Å². The summed E-state index contributed by atoms with van der Waals surface area (Å²) in [5.41, 5.74) is 0.792. The average Bonchev–Trinajstić information content (AvgIpc) is 2.39. The highest BCUT2D eigenvalue weighted by molar-refractivity contribution is 9.10. The lowest BCUT2D eigenvalue weighted by atomic mass is 10.2. The standard InChI is InChI=1S/C15H14BrF2NO/c1-2-19-9-10-5-12(18)7-13(6-10)20-15-4-3-11(17)8-14(15)16/h3-8,19H,2,9H2,1H3. The van der Waals surface area contributed by atoms with Crippen LogP contribution >= 0.6 is 15.9 Å². The molecule has 0 fully saturated rings. The Labute approximate surface area is 124 Å². The van der Waals surface area contributed by atoms with Gasteiger partial charge < -0.3 is 10.1 Å². The van der Waals surface area contributed by atoms with Crippen LogP contribution in [-0.4, -0.2) is 6.54 Å². The monoisotopic (exact) mass is 341 g/mol. The number of hydrogen-bond donors (Lipinski definition) is 1. The molecule has 2 aromatic rings. The Morgan fingerprint density at radius 3 is 2.60 bits per heavy atom. The number of benzene rings is 2. The van der Waals surface area contributed by atoms with Crippen LogP contribution in [0, 0.1) is 11.6 Å². The lowest BCUT2D eigenvalue weighted by Crippen LogP contribution is -2.11. The maximum Gasteiger partial charge on any atom is 0.141 e. The molecule has 1 N–H and O–H groups in total. The van der Waals surface area contributed by atoms with Crippen LogP contribution in [0.15, 0.2) is 40.9 Å². The van der Waals surface area contributed by atoms with E-state index in [1.165, 1.54) is 30.3 Å². The predicted octanol–water partition coefficient (Wildman–Crippen LogP) is 4.63. The predicted molar refractivity (Wildman–Crippen MR) is 78.0 cm³/mol. The first-order valence-electron chi connectivity index (χ1n) is 6.21. The zero-order valence-corrected chi connectivity index (χ0v) is 12.5. The van der Waals surface area contributed by atoms with E-state index >= 15 is 0 Å². The van der Waals surface area contributed by atoms with Gasteiger partial charge in [0.1, 0.15) is 23.1 Å². The van der Waals surface area contributed by atoms with E-state index in [-0.39, 0.29) is 11.6 Å². The molecule has 2 nitrogen and oxygen atoms in total. The second kappa shape index (κ2) is 6.81. The molecule has 0 aliphatic heterocycles. The van der Waals surface area contributed by atoms with Crippen molar-refractivity contribution in [3.05, 3.63) is 58.1 Å². The van der Waals surface area contributed by atoms with E-state index in [0.717, 1.165) is 12.1 Å². The van der Waals surface area contributed by atoms with Gasteiger partial charge in [-0.25, -0.2) is 8.78 Å². The second-order valence-corrected chi connectivity index (χ2v) is 5.11. The van der Waals surface area contributed by atoms with Crippen LogP contribution < -0.4 is 10.1 Å². The molecular weight excluding hydrogens is 328 g/mol. The normalized spacial score (nSPS) is 10.6. The van der Waals surface area contributed by atoms with Gasteiger partial charge in [-0.05, 0) is 58.4 Å². The van der Waals surface area contributed by atoms with E-state index in [4.69, 9.17) is 4.74 Å². The number of nitrogens with one attached hydrogen (secondary N) is 1. The molecule has 2 rings (SSSR count). The summed E-state index contributed by atoms with van der Waals surface area (Å²) in [5, 5.41) is 3.12. The van der Waals surface area contributed by atoms with Gasteiger partial charge in [0, 0.05) is 12.6 Å². The molecule has 0 aliphatic carbocycles. The average molecular weight is 342 g/mol. The maximum absolute atomic E-state index is 13.5. The summed E-state index contributed by atoms with van der Waals surface area (Å²) in [4.78, 5) is 0. The van der Waals surface area contributed by atoms with Crippen molar-refractivity contribution in [1.82, 2.24) is 5.32 Å². The summed E-state index contributed by atoms with van der Waals surface area (Å²) in [6.07, 6.45) is 0. The molecule has 0 atom stereocenters. The fraction of sp³-hybridized carbons (Fsp3) is 0.200. The molecule has 5 heteroatoms. The molecule has 0 heterocycles. The minimum Gasteiger partial charge on any atom is -0.456 e. The van der Waals surface area contributed by atoms with Crippen molar-refractivity contribution >= 4 is 15.9 Å². The lowest BCUT2D eigenvalue weighted by molar-refractivity contribution is 0.470. The summed E-state index contributed by atoms with van der Waals surface area (Å²) < 4.78 is 32.6.